The molecule has 2 aliphatic carbocycles. The van der Waals surface area contributed by atoms with Crippen LogP contribution in [0.1, 0.15) is 44.9 Å². The van der Waals surface area contributed by atoms with E-state index in [1.54, 1.807) is 0 Å². The maximum atomic E-state index is 12.0. The molecule has 1 N–H and O–H groups in total. The van der Waals surface area contributed by atoms with Gasteiger partial charge >= 0.3 is 0 Å². The number of carbonyl (C=O) groups excluding carboxylic acids is 1. The highest BCUT2D eigenvalue weighted by molar-refractivity contribution is 5.78. The van der Waals surface area contributed by atoms with Crippen molar-refractivity contribution in [3.63, 3.8) is 0 Å². The maximum Gasteiger partial charge on any atom is 0.236 e. The second-order valence-corrected chi connectivity index (χ2v) is 6.41. The van der Waals surface area contributed by atoms with Crippen molar-refractivity contribution in [2.75, 3.05) is 26.2 Å². The predicted molar refractivity (Wildman–Crippen MR) is 72.2 cm³/mol. The summed E-state index contributed by atoms with van der Waals surface area (Å²) in [5, 5.41) is 3.43. The zero-order valence-electron chi connectivity index (χ0n) is 11.4. The second kappa shape index (κ2) is 5.60. The average Bonchev–Trinajstić information content (AvgIpc) is 3.29. The van der Waals surface area contributed by atoms with Crippen LogP contribution in [0.15, 0.2) is 0 Å². The van der Waals surface area contributed by atoms with Gasteiger partial charge in [-0.3, -0.25) is 4.79 Å². The van der Waals surface area contributed by atoms with Gasteiger partial charge in [0.15, 0.2) is 0 Å². The summed E-state index contributed by atoms with van der Waals surface area (Å²) < 4.78 is 0. The van der Waals surface area contributed by atoms with Crippen LogP contribution >= 0.6 is 0 Å². The van der Waals surface area contributed by atoms with Crippen LogP contribution in [-0.2, 0) is 4.79 Å². The van der Waals surface area contributed by atoms with Gasteiger partial charge in [-0.25, -0.2) is 0 Å². The van der Waals surface area contributed by atoms with E-state index >= 15 is 0 Å². The lowest BCUT2D eigenvalue weighted by atomic mass is 9.98. The smallest absolute Gasteiger partial charge is 0.236 e. The molecule has 2 saturated carbocycles. The summed E-state index contributed by atoms with van der Waals surface area (Å²) in [6, 6.07) is 0. The Morgan fingerprint density at radius 2 is 1.67 bits per heavy atom. The number of rotatable bonds is 6. The van der Waals surface area contributed by atoms with Crippen molar-refractivity contribution in [1.82, 2.24) is 10.2 Å². The average molecular weight is 250 g/mol. The summed E-state index contributed by atoms with van der Waals surface area (Å²) >= 11 is 0. The number of nitrogens with one attached hydrogen (secondary N) is 1. The largest absolute Gasteiger partial charge is 0.342 e. The third-order valence-corrected chi connectivity index (χ3v) is 4.82. The first-order chi connectivity index (χ1) is 8.84. The van der Waals surface area contributed by atoms with Crippen LogP contribution in [0.3, 0.4) is 0 Å². The normalized spacial score (nSPS) is 24.6. The van der Waals surface area contributed by atoms with Gasteiger partial charge < -0.3 is 10.2 Å². The summed E-state index contributed by atoms with van der Waals surface area (Å²) in [5.74, 6) is 3.16. The summed E-state index contributed by atoms with van der Waals surface area (Å²) in [7, 11) is 0. The van der Waals surface area contributed by atoms with Gasteiger partial charge in [-0.05, 0) is 69.2 Å². The Labute approximate surface area is 110 Å². The molecule has 1 amide bonds. The quantitative estimate of drug-likeness (QED) is 0.782. The van der Waals surface area contributed by atoms with Gasteiger partial charge in [0.05, 0.1) is 6.54 Å². The van der Waals surface area contributed by atoms with E-state index in [1.807, 2.05) is 4.90 Å². The molecule has 0 aromatic rings. The van der Waals surface area contributed by atoms with E-state index in [1.165, 1.54) is 44.9 Å². The zero-order valence-corrected chi connectivity index (χ0v) is 11.4. The Bertz CT molecular complexity index is 279. The van der Waals surface area contributed by atoms with Gasteiger partial charge in [-0.2, -0.15) is 0 Å². The minimum Gasteiger partial charge on any atom is -0.342 e. The Morgan fingerprint density at radius 1 is 1.06 bits per heavy atom. The molecule has 3 rings (SSSR count). The molecule has 3 nitrogen and oxygen atoms in total. The lowest BCUT2D eigenvalue weighted by molar-refractivity contribution is -0.131. The molecule has 1 saturated heterocycles. The highest BCUT2D eigenvalue weighted by Crippen LogP contribution is 2.48. The third-order valence-electron chi connectivity index (χ3n) is 4.82. The molecule has 3 fully saturated rings. The summed E-state index contributed by atoms with van der Waals surface area (Å²) in [6.45, 7) is 3.61. The number of hydrogen-bond donors (Lipinski definition) is 1. The lowest BCUT2D eigenvalue weighted by Gasteiger charge is -2.27. The Balaban J connectivity index is 1.36. The second-order valence-electron chi connectivity index (χ2n) is 6.41. The van der Waals surface area contributed by atoms with Gasteiger partial charge in [-0.1, -0.05) is 0 Å². The molecular formula is C15H26N2O. The van der Waals surface area contributed by atoms with E-state index in [-0.39, 0.29) is 0 Å². The minimum absolute atomic E-state index is 0.319. The highest BCUT2D eigenvalue weighted by atomic mass is 16.2. The van der Waals surface area contributed by atoms with Crippen molar-refractivity contribution in [2.45, 2.75) is 44.9 Å². The number of hydrogen-bond acceptors (Lipinski definition) is 2. The number of carbonyl (C=O) groups is 1. The highest BCUT2D eigenvalue weighted by Gasteiger charge is 2.40. The van der Waals surface area contributed by atoms with Gasteiger partial charge in [0, 0.05) is 13.1 Å². The van der Waals surface area contributed by atoms with Crippen molar-refractivity contribution in [3.8, 4) is 0 Å². The van der Waals surface area contributed by atoms with Gasteiger partial charge in [0.25, 0.3) is 0 Å². The van der Waals surface area contributed by atoms with E-state index in [9.17, 15) is 4.79 Å². The van der Waals surface area contributed by atoms with E-state index < -0.39 is 0 Å². The topological polar surface area (TPSA) is 32.3 Å². The van der Waals surface area contributed by atoms with Crippen LogP contribution in [0.2, 0.25) is 0 Å². The molecule has 0 radical (unpaired) electrons. The molecule has 18 heavy (non-hydrogen) atoms. The first-order valence-electron chi connectivity index (χ1n) is 7.83. The van der Waals surface area contributed by atoms with Gasteiger partial charge in [-0.15, -0.1) is 0 Å². The van der Waals surface area contributed by atoms with Crippen molar-refractivity contribution in [2.24, 2.45) is 17.8 Å². The number of piperidine rings is 1. The fourth-order valence-electron chi connectivity index (χ4n) is 3.37. The molecule has 1 aliphatic heterocycles. The van der Waals surface area contributed by atoms with Crippen molar-refractivity contribution < 1.29 is 4.79 Å². The molecule has 3 heteroatoms. The van der Waals surface area contributed by atoms with Gasteiger partial charge in [0.2, 0.25) is 5.91 Å². The molecule has 3 aliphatic rings. The summed E-state index contributed by atoms with van der Waals surface area (Å²) in [5.41, 5.74) is 0. The molecule has 0 aromatic heterocycles. The summed E-state index contributed by atoms with van der Waals surface area (Å²) in [6.07, 6.45) is 9.41. The Kier molecular flexibility index (Phi) is 3.88. The SMILES string of the molecule is O=C(CNCC(C1CC1)C1CC1)N1CCCCC1. The van der Waals surface area contributed by atoms with Crippen LogP contribution in [0, 0.1) is 17.8 Å². The fourth-order valence-corrected chi connectivity index (χ4v) is 3.37. The van der Waals surface area contributed by atoms with Crippen LogP contribution in [0.4, 0.5) is 0 Å². The van der Waals surface area contributed by atoms with E-state index in [0.717, 1.165) is 37.4 Å². The first kappa shape index (κ1) is 12.5. The van der Waals surface area contributed by atoms with Crippen molar-refractivity contribution in [3.05, 3.63) is 0 Å². The zero-order chi connectivity index (χ0) is 12.4. The van der Waals surface area contributed by atoms with Gasteiger partial charge in [0.1, 0.15) is 0 Å². The third kappa shape index (κ3) is 3.25. The fraction of sp³-hybridized carbons (Fsp3) is 0.933. The van der Waals surface area contributed by atoms with E-state index in [4.69, 9.17) is 0 Å². The van der Waals surface area contributed by atoms with Crippen molar-refractivity contribution >= 4 is 5.91 Å². The minimum atomic E-state index is 0.319. The standard InChI is InChI=1S/C15H26N2O/c18-15(17-8-2-1-3-9-17)11-16-10-14(12-4-5-12)13-6-7-13/h12-14,16H,1-11H2. The molecular weight excluding hydrogens is 224 g/mol. The molecule has 0 aromatic carbocycles. The van der Waals surface area contributed by atoms with Crippen LogP contribution in [-0.4, -0.2) is 37.0 Å². The molecule has 0 unspecified atom stereocenters. The van der Waals surface area contributed by atoms with Crippen LogP contribution in [0.5, 0.6) is 0 Å². The van der Waals surface area contributed by atoms with Crippen molar-refractivity contribution in [1.29, 1.82) is 0 Å². The van der Waals surface area contributed by atoms with E-state index in [2.05, 4.69) is 5.32 Å². The lowest BCUT2D eigenvalue weighted by Crippen LogP contribution is -2.42. The number of amides is 1. The molecule has 0 atom stereocenters. The van der Waals surface area contributed by atoms with Crippen LogP contribution < -0.4 is 5.32 Å². The van der Waals surface area contributed by atoms with Crippen LogP contribution in [0.25, 0.3) is 0 Å². The molecule has 1 heterocycles. The molecule has 102 valence electrons. The summed E-state index contributed by atoms with van der Waals surface area (Å²) in [4.78, 5) is 14.1. The molecule has 0 spiro atoms. The first-order valence-corrected chi connectivity index (χ1v) is 7.83. The Morgan fingerprint density at radius 3 is 2.22 bits per heavy atom. The maximum absolute atomic E-state index is 12.0. The monoisotopic (exact) mass is 250 g/mol. The predicted octanol–water partition coefficient (Wildman–Crippen LogP) is 2.02. The number of likely N-dealkylation sites (tertiary alicyclic amines) is 1. The number of nitrogens with zero attached hydrogens (tertiary/aromatic N) is 1. The van der Waals surface area contributed by atoms with E-state index in [0.29, 0.717) is 12.5 Å². The molecule has 0 bridgehead atoms. The Hall–Kier alpha value is -0.570.